The fraction of sp³-hybridized carbons (Fsp3) is 0.600. The quantitative estimate of drug-likeness (QED) is 0.751. The predicted octanol–water partition coefficient (Wildman–Crippen LogP) is 0.207. The lowest BCUT2D eigenvalue weighted by molar-refractivity contribution is -0.917. The summed E-state index contributed by atoms with van der Waals surface area (Å²) in [7, 11) is 0. The molecule has 8 heteroatoms. The summed E-state index contributed by atoms with van der Waals surface area (Å²) < 4.78 is 10.4. The number of nitrogens with zero attached hydrogens (tertiary/aromatic N) is 2. The molecular weight excluding hydrogens is 360 g/mol. The largest absolute Gasteiger partial charge is 0.450 e. The molecule has 0 aromatic heterocycles. The number of piperazine rings is 1. The Hall–Kier alpha value is -2.32. The molecular formula is C20H31N4O4+. The van der Waals surface area contributed by atoms with Crippen molar-refractivity contribution in [3.63, 3.8) is 0 Å². The SMILES string of the molecule is CCOC(=O)N1CC[NH+]([C@H](C)C(=O)Nc2ccc(N3CCOCC3)cc2)CC1. The van der Waals surface area contributed by atoms with Crippen LogP contribution in [0, 0.1) is 0 Å². The second-order valence-corrected chi connectivity index (χ2v) is 7.20. The monoisotopic (exact) mass is 391 g/mol. The van der Waals surface area contributed by atoms with Crippen LogP contribution < -0.4 is 15.1 Å². The van der Waals surface area contributed by atoms with Gasteiger partial charge in [0.2, 0.25) is 0 Å². The number of morpholine rings is 1. The normalized spacial score (nSPS) is 19.2. The molecule has 2 fully saturated rings. The number of benzene rings is 1. The van der Waals surface area contributed by atoms with Crippen molar-refractivity contribution in [1.82, 2.24) is 4.90 Å². The molecule has 8 nitrogen and oxygen atoms in total. The van der Waals surface area contributed by atoms with E-state index in [9.17, 15) is 9.59 Å². The molecule has 3 rings (SSSR count). The van der Waals surface area contributed by atoms with E-state index in [1.165, 1.54) is 4.90 Å². The van der Waals surface area contributed by atoms with Gasteiger partial charge in [0, 0.05) is 24.5 Å². The first-order valence-electron chi connectivity index (χ1n) is 10.1. The second kappa shape index (κ2) is 9.75. The molecule has 0 radical (unpaired) electrons. The third kappa shape index (κ3) is 5.14. The Bertz CT molecular complexity index is 653. The fourth-order valence-electron chi connectivity index (χ4n) is 3.64. The van der Waals surface area contributed by atoms with E-state index in [1.807, 2.05) is 31.2 Å². The van der Waals surface area contributed by atoms with Gasteiger partial charge in [0.15, 0.2) is 6.04 Å². The second-order valence-electron chi connectivity index (χ2n) is 7.20. The summed E-state index contributed by atoms with van der Waals surface area (Å²) in [6, 6.07) is 7.79. The van der Waals surface area contributed by atoms with E-state index in [-0.39, 0.29) is 18.0 Å². The molecule has 154 valence electrons. The van der Waals surface area contributed by atoms with Crippen molar-refractivity contribution >= 4 is 23.4 Å². The highest BCUT2D eigenvalue weighted by Gasteiger charge is 2.31. The number of anilines is 2. The first kappa shape index (κ1) is 20.4. The van der Waals surface area contributed by atoms with E-state index in [1.54, 1.807) is 11.8 Å². The first-order chi connectivity index (χ1) is 13.6. The molecule has 1 atom stereocenters. The van der Waals surface area contributed by atoms with Crippen molar-refractivity contribution in [2.24, 2.45) is 0 Å². The molecule has 2 heterocycles. The van der Waals surface area contributed by atoms with Crippen LogP contribution in [0.4, 0.5) is 16.2 Å². The summed E-state index contributed by atoms with van der Waals surface area (Å²) >= 11 is 0. The zero-order valence-electron chi connectivity index (χ0n) is 16.8. The highest BCUT2D eigenvalue weighted by Crippen LogP contribution is 2.19. The average Bonchev–Trinajstić information content (AvgIpc) is 2.74. The summed E-state index contributed by atoms with van der Waals surface area (Å²) in [6.07, 6.45) is -0.265. The zero-order chi connectivity index (χ0) is 19.9. The minimum absolute atomic E-state index is 0.00120. The van der Waals surface area contributed by atoms with Gasteiger partial charge in [-0.25, -0.2) is 4.79 Å². The van der Waals surface area contributed by atoms with Crippen LogP contribution in [-0.2, 0) is 14.3 Å². The van der Waals surface area contributed by atoms with Gasteiger partial charge >= 0.3 is 6.09 Å². The molecule has 2 aliphatic heterocycles. The minimum atomic E-state index is -0.265. The smallest absolute Gasteiger partial charge is 0.410 e. The number of carbonyl (C=O) groups is 2. The Labute approximate surface area is 166 Å². The van der Waals surface area contributed by atoms with Crippen LogP contribution in [0.25, 0.3) is 0 Å². The van der Waals surface area contributed by atoms with Crippen LogP contribution in [0.1, 0.15) is 13.8 Å². The van der Waals surface area contributed by atoms with Crippen molar-refractivity contribution < 1.29 is 24.0 Å². The third-order valence-electron chi connectivity index (χ3n) is 5.45. The first-order valence-corrected chi connectivity index (χ1v) is 10.1. The number of quaternary nitrogens is 1. The van der Waals surface area contributed by atoms with Crippen molar-refractivity contribution in [2.45, 2.75) is 19.9 Å². The molecule has 1 aromatic rings. The molecule has 0 spiro atoms. The van der Waals surface area contributed by atoms with E-state index in [2.05, 4.69) is 10.2 Å². The lowest BCUT2D eigenvalue weighted by Crippen LogP contribution is -3.19. The summed E-state index contributed by atoms with van der Waals surface area (Å²) in [6.45, 7) is 10.1. The van der Waals surface area contributed by atoms with E-state index in [0.29, 0.717) is 19.7 Å². The number of rotatable bonds is 5. The van der Waals surface area contributed by atoms with Gasteiger partial charge in [-0.2, -0.15) is 0 Å². The van der Waals surface area contributed by atoms with E-state index >= 15 is 0 Å². The summed E-state index contributed by atoms with van der Waals surface area (Å²) in [4.78, 5) is 29.6. The van der Waals surface area contributed by atoms with Crippen LogP contribution in [0.15, 0.2) is 24.3 Å². The highest BCUT2D eigenvalue weighted by atomic mass is 16.6. The molecule has 2 saturated heterocycles. The van der Waals surface area contributed by atoms with Gasteiger partial charge in [-0.15, -0.1) is 0 Å². The predicted molar refractivity (Wildman–Crippen MR) is 107 cm³/mol. The minimum Gasteiger partial charge on any atom is -0.450 e. The number of carbonyl (C=O) groups excluding carboxylic acids is 2. The van der Waals surface area contributed by atoms with Gasteiger partial charge in [0.1, 0.15) is 0 Å². The summed E-state index contributed by atoms with van der Waals surface area (Å²) in [5.41, 5.74) is 1.95. The Morgan fingerprint density at radius 3 is 2.39 bits per heavy atom. The fourth-order valence-corrected chi connectivity index (χ4v) is 3.64. The number of ether oxygens (including phenoxy) is 2. The zero-order valence-corrected chi connectivity index (χ0v) is 16.8. The lowest BCUT2D eigenvalue weighted by Gasteiger charge is -2.34. The molecule has 1 aromatic carbocycles. The van der Waals surface area contributed by atoms with Crippen molar-refractivity contribution in [2.75, 3.05) is 69.3 Å². The molecule has 0 saturated carbocycles. The Morgan fingerprint density at radius 2 is 1.79 bits per heavy atom. The Balaban J connectivity index is 1.48. The van der Waals surface area contributed by atoms with Crippen LogP contribution >= 0.6 is 0 Å². The number of hydrogen-bond donors (Lipinski definition) is 2. The van der Waals surface area contributed by atoms with Gasteiger partial charge in [-0.3, -0.25) is 9.69 Å². The van der Waals surface area contributed by atoms with Crippen molar-refractivity contribution in [1.29, 1.82) is 0 Å². The Kier molecular flexibility index (Phi) is 7.11. The molecule has 2 amide bonds. The van der Waals surface area contributed by atoms with Gasteiger partial charge in [0.05, 0.1) is 46.0 Å². The van der Waals surface area contributed by atoms with Crippen molar-refractivity contribution in [3.05, 3.63) is 24.3 Å². The third-order valence-corrected chi connectivity index (χ3v) is 5.45. The standard InChI is InChI=1S/C20H30N4O4/c1-3-28-20(26)24-10-8-22(9-11-24)16(2)19(25)21-17-4-6-18(7-5-17)23-12-14-27-15-13-23/h4-7,16H,3,8-15H2,1-2H3,(H,21,25)/p+1/t16-/m1/s1. The Morgan fingerprint density at radius 1 is 1.14 bits per heavy atom. The van der Waals surface area contributed by atoms with Gasteiger partial charge < -0.3 is 24.6 Å². The maximum atomic E-state index is 12.7. The van der Waals surface area contributed by atoms with E-state index < -0.39 is 0 Å². The van der Waals surface area contributed by atoms with Crippen LogP contribution in [0.2, 0.25) is 0 Å². The molecule has 0 bridgehead atoms. The van der Waals surface area contributed by atoms with Gasteiger partial charge in [-0.1, -0.05) is 0 Å². The number of hydrogen-bond acceptors (Lipinski definition) is 5. The molecule has 2 aliphatic rings. The summed E-state index contributed by atoms with van der Waals surface area (Å²) in [5.74, 6) is -0.00120. The average molecular weight is 391 g/mol. The highest BCUT2D eigenvalue weighted by molar-refractivity contribution is 5.93. The van der Waals surface area contributed by atoms with Gasteiger partial charge in [0.25, 0.3) is 5.91 Å². The van der Waals surface area contributed by atoms with Crippen LogP contribution in [0.3, 0.4) is 0 Å². The molecule has 0 aliphatic carbocycles. The maximum absolute atomic E-state index is 12.7. The molecule has 2 N–H and O–H groups in total. The lowest BCUT2D eigenvalue weighted by atomic mass is 10.2. The molecule has 28 heavy (non-hydrogen) atoms. The van der Waals surface area contributed by atoms with Gasteiger partial charge in [-0.05, 0) is 38.1 Å². The van der Waals surface area contributed by atoms with Crippen molar-refractivity contribution in [3.8, 4) is 0 Å². The maximum Gasteiger partial charge on any atom is 0.410 e. The number of nitrogens with one attached hydrogen (secondary N) is 2. The van der Waals surface area contributed by atoms with Crippen LogP contribution in [0.5, 0.6) is 0 Å². The van der Waals surface area contributed by atoms with E-state index in [4.69, 9.17) is 9.47 Å². The van der Waals surface area contributed by atoms with E-state index in [0.717, 1.165) is 50.8 Å². The topological polar surface area (TPSA) is 75.5 Å². The van der Waals surface area contributed by atoms with Crippen LogP contribution in [-0.4, -0.2) is 82.0 Å². The number of amides is 2. The summed E-state index contributed by atoms with van der Waals surface area (Å²) in [5, 5.41) is 3.02. The molecule has 0 unspecified atom stereocenters.